The highest BCUT2D eigenvalue weighted by atomic mass is 19.1. The summed E-state index contributed by atoms with van der Waals surface area (Å²) in [6, 6.07) is 8.90. The molecule has 1 aromatic rings. The summed E-state index contributed by atoms with van der Waals surface area (Å²) in [5.41, 5.74) is 0.527. The topological polar surface area (TPSA) is 83.4 Å². The normalized spacial score (nSPS) is 8.41. The molecule has 1 N–H and O–H groups in total. The molecule has 0 saturated heterocycles. The van der Waals surface area contributed by atoms with Gasteiger partial charge < -0.3 is 5.32 Å². The number of halogens is 1. The number of aryl methyl sites for hydroxylation is 1. The molecule has 17 heavy (non-hydrogen) atoms. The second-order valence-electron chi connectivity index (χ2n) is 3.17. The van der Waals surface area contributed by atoms with Crippen molar-refractivity contribution >= 4 is 5.69 Å². The second kappa shape index (κ2) is 5.30. The molecule has 0 unspecified atom stereocenters. The number of nitrogens with zero attached hydrogens (tertiary/aromatic N) is 3. The zero-order chi connectivity index (χ0) is 12.8. The fourth-order valence-corrected chi connectivity index (χ4v) is 1.15. The molecule has 4 nitrogen and oxygen atoms in total. The maximum absolute atomic E-state index is 13.0. The molecule has 82 valence electrons. The fraction of sp³-hybridized carbons (Fsp3) is 0.0833. The first kappa shape index (κ1) is 12.2. The third-order valence-electron chi connectivity index (χ3n) is 2.04. The quantitative estimate of drug-likeness (QED) is 0.784. The summed E-state index contributed by atoms with van der Waals surface area (Å²) in [4.78, 5) is 0. The molecule has 0 heterocycles. The van der Waals surface area contributed by atoms with Crippen molar-refractivity contribution in [3.63, 3.8) is 0 Å². The van der Waals surface area contributed by atoms with Crippen LogP contribution in [0.25, 0.3) is 0 Å². The molecule has 0 saturated carbocycles. The lowest BCUT2D eigenvalue weighted by Crippen LogP contribution is -2.02. The highest BCUT2D eigenvalue weighted by molar-refractivity contribution is 5.61. The zero-order valence-electron chi connectivity index (χ0n) is 8.95. The van der Waals surface area contributed by atoms with Crippen LogP contribution in [-0.4, -0.2) is 0 Å². The molecule has 1 rings (SSSR count). The van der Waals surface area contributed by atoms with Crippen LogP contribution < -0.4 is 5.32 Å². The van der Waals surface area contributed by atoms with Crippen LogP contribution in [0.4, 0.5) is 10.1 Å². The first-order chi connectivity index (χ1) is 8.12. The van der Waals surface area contributed by atoms with Gasteiger partial charge in [-0.1, -0.05) is 6.07 Å². The molecule has 0 fully saturated rings. The number of rotatable bonds is 2. The van der Waals surface area contributed by atoms with Crippen molar-refractivity contribution in [2.45, 2.75) is 6.92 Å². The standard InChI is InChI=1S/C12H7FN4/c1-8-2-3-10(13)4-11(8)17-12(7-16)9(5-14)6-15/h2-4,17H,1H3. The molecule has 1 aromatic carbocycles. The number of benzene rings is 1. The van der Waals surface area contributed by atoms with E-state index in [-0.39, 0.29) is 11.3 Å². The van der Waals surface area contributed by atoms with Crippen LogP contribution in [0.15, 0.2) is 29.5 Å². The third-order valence-corrected chi connectivity index (χ3v) is 2.04. The van der Waals surface area contributed by atoms with E-state index in [4.69, 9.17) is 15.8 Å². The number of hydrogen-bond donors (Lipinski definition) is 1. The van der Waals surface area contributed by atoms with Crippen LogP contribution in [0.1, 0.15) is 5.56 Å². The van der Waals surface area contributed by atoms with Crippen molar-refractivity contribution < 1.29 is 4.39 Å². The average Bonchev–Trinajstić information content (AvgIpc) is 2.33. The molecular formula is C12H7FN4. The van der Waals surface area contributed by atoms with Gasteiger partial charge in [0.25, 0.3) is 0 Å². The lowest BCUT2D eigenvalue weighted by molar-refractivity contribution is 0.628. The van der Waals surface area contributed by atoms with Gasteiger partial charge in [0.15, 0.2) is 5.57 Å². The van der Waals surface area contributed by atoms with E-state index in [1.165, 1.54) is 18.2 Å². The van der Waals surface area contributed by atoms with Gasteiger partial charge in [-0.15, -0.1) is 0 Å². The molecule has 0 aromatic heterocycles. The highest BCUT2D eigenvalue weighted by Gasteiger charge is 2.08. The van der Waals surface area contributed by atoms with E-state index in [0.29, 0.717) is 11.3 Å². The van der Waals surface area contributed by atoms with Gasteiger partial charge in [0.2, 0.25) is 0 Å². The summed E-state index contributed by atoms with van der Waals surface area (Å²) in [6.45, 7) is 1.72. The van der Waals surface area contributed by atoms with Crippen LogP contribution in [0.5, 0.6) is 0 Å². The number of allylic oxidation sites excluding steroid dienone is 2. The number of hydrogen-bond acceptors (Lipinski definition) is 4. The van der Waals surface area contributed by atoms with E-state index in [2.05, 4.69) is 5.32 Å². The Morgan fingerprint density at radius 2 is 1.82 bits per heavy atom. The van der Waals surface area contributed by atoms with E-state index in [1.54, 1.807) is 25.1 Å². The van der Waals surface area contributed by atoms with E-state index in [1.807, 2.05) is 0 Å². The Morgan fingerprint density at radius 3 is 2.35 bits per heavy atom. The van der Waals surface area contributed by atoms with Gasteiger partial charge >= 0.3 is 0 Å². The molecule has 0 aliphatic rings. The summed E-state index contributed by atoms with van der Waals surface area (Å²) in [5, 5.41) is 28.7. The molecule has 5 heteroatoms. The van der Waals surface area contributed by atoms with Crippen molar-refractivity contribution in [1.82, 2.24) is 0 Å². The smallest absolute Gasteiger partial charge is 0.163 e. The molecule has 0 aliphatic carbocycles. The summed E-state index contributed by atoms with van der Waals surface area (Å²) in [5.74, 6) is -0.467. The highest BCUT2D eigenvalue weighted by Crippen LogP contribution is 2.18. The summed E-state index contributed by atoms with van der Waals surface area (Å²) in [6.07, 6.45) is 0. The van der Waals surface area contributed by atoms with Crippen molar-refractivity contribution in [1.29, 1.82) is 15.8 Å². The monoisotopic (exact) mass is 226 g/mol. The Morgan fingerprint density at radius 1 is 1.18 bits per heavy atom. The van der Waals surface area contributed by atoms with Gasteiger partial charge in [0.1, 0.15) is 29.7 Å². The molecule has 0 bridgehead atoms. The average molecular weight is 226 g/mol. The molecule has 0 spiro atoms. The minimum absolute atomic E-state index is 0.191. The minimum Gasteiger partial charge on any atom is -0.345 e. The van der Waals surface area contributed by atoms with Crippen molar-refractivity contribution in [2.24, 2.45) is 0 Å². The Kier molecular flexibility index (Phi) is 3.81. The summed E-state index contributed by atoms with van der Waals surface area (Å²) in [7, 11) is 0. The van der Waals surface area contributed by atoms with Gasteiger partial charge in [-0.25, -0.2) is 4.39 Å². The molecular weight excluding hydrogens is 219 g/mol. The van der Waals surface area contributed by atoms with Gasteiger partial charge in [0.05, 0.1) is 0 Å². The second-order valence-corrected chi connectivity index (χ2v) is 3.17. The van der Waals surface area contributed by atoms with Crippen molar-refractivity contribution in [3.05, 3.63) is 40.8 Å². The Bertz CT molecular complexity index is 580. The molecule has 0 radical (unpaired) electrons. The van der Waals surface area contributed by atoms with Crippen LogP contribution in [0.3, 0.4) is 0 Å². The largest absolute Gasteiger partial charge is 0.345 e. The van der Waals surface area contributed by atoms with Crippen LogP contribution in [0, 0.1) is 46.7 Å². The first-order valence-electron chi connectivity index (χ1n) is 4.60. The Balaban J connectivity index is 3.20. The number of nitrogens with one attached hydrogen (secondary N) is 1. The van der Waals surface area contributed by atoms with Crippen molar-refractivity contribution in [2.75, 3.05) is 5.32 Å². The minimum atomic E-state index is -0.467. The molecule has 0 amide bonds. The number of anilines is 1. The zero-order valence-corrected chi connectivity index (χ0v) is 8.95. The predicted molar refractivity (Wildman–Crippen MR) is 58.6 cm³/mol. The van der Waals surface area contributed by atoms with E-state index < -0.39 is 5.82 Å². The summed E-state index contributed by atoms with van der Waals surface area (Å²) >= 11 is 0. The van der Waals surface area contributed by atoms with E-state index in [0.717, 1.165) is 0 Å². The van der Waals surface area contributed by atoms with Crippen LogP contribution >= 0.6 is 0 Å². The first-order valence-corrected chi connectivity index (χ1v) is 4.60. The van der Waals surface area contributed by atoms with Crippen molar-refractivity contribution in [3.8, 4) is 18.2 Å². The number of nitriles is 3. The fourth-order valence-electron chi connectivity index (χ4n) is 1.15. The van der Waals surface area contributed by atoms with Gasteiger partial charge in [0, 0.05) is 5.69 Å². The van der Waals surface area contributed by atoms with Crippen LogP contribution in [-0.2, 0) is 0 Å². The predicted octanol–water partition coefficient (Wildman–Crippen LogP) is 2.37. The lowest BCUT2D eigenvalue weighted by Gasteiger charge is -2.07. The van der Waals surface area contributed by atoms with Gasteiger partial charge in [-0.3, -0.25) is 0 Å². The maximum atomic E-state index is 13.0. The Labute approximate surface area is 97.8 Å². The summed E-state index contributed by atoms with van der Waals surface area (Å²) < 4.78 is 13.0. The molecule has 0 atom stereocenters. The van der Waals surface area contributed by atoms with Gasteiger partial charge in [-0.2, -0.15) is 15.8 Å². The Hall–Kier alpha value is -2.84. The lowest BCUT2D eigenvalue weighted by atomic mass is 10.1. The third kappa shape index (κ3) is 2.81. The van der Waals surface area contributed by atoms with E-state index >= 15 is 0 Å². The maximum Gasteiger partial charge on any atom is 0.163 e. The van der Waals surface area contributed by atoms with Gasteiger partial charge in [-0.05, 0) is 24.6 Å². The SMILES string of the molecule is Cc1ccc(F)cc1NC(C#N)=C(C#N)C#N. The molecule has 0 aliphatic heterocycles. The van der Waals surface area contributed by atoms with Crippen LogP contribution in [0.2, 0.25) is 0 Å². The van der Waals surface area contributed by atoms with E-state index in [9.17, 15) is 4.39 Å².